The minimum atomic E-state index is -0.375. The number of pyridine rings is 2. The monoisotopic (exact) mass is 726 g/mol. The summed E-state index contributed by atoms with van der Waals surface area (Å²) in [7, 11) is 0. The molecule has 0 aliphatic carbocycles. The molecule has 2 aromatic heterocycles. The van der Waals surface area contributed by atoms with Crippen LogP contribution in [0.3, 0.4) is 0 Å². The number of halogens is 2. The maximum Gasteiger partial charge on any atom is 0.147 e. The number of aryl methyl sites for hydroxylation is 1. The summed E-state index contributed by atoms with van der Waals surface area (Å²) in [4.78, 5) is 11.2. The number of ether oxygens (including phenoxy) is 1. The maximum atomic E-state index is 11.0. The number of aromatic nitrogens is 2. The molecule has 1 aliphatic rings. The van der Waals surface area contributed by atoms with Crippen molar-refractivity contribution in [1.82, 2.24) is 14.9 Å². The fourth-order valence-electron chi connectivity index (χ4n) is 5.63. The van der Waals surface area contributed by atoms with Gasteiger partial charge in [-0.25, -0.2) is 4.98 Å². The Kier molecular flexibility index (Phi) is 12.3. The van der Waals surface area contributed by atoms with E-state index in [-0.39, 0.29) is 17.5 Å². The summed E-state index contributed by atoms with van der Waals surface area (Å²) in [5.41, 5.74) is 4.47. The third kappa shape index (κ3) is 8.44. The quantitative estimate of drug-likeness (QED) is 0.153. The summed E-state index contributed by atoms with van der Waals surface area (Å²) in [5, 5.41) is 27.6. The number of anilines is 1. The van der Waals surface area contributed by atoms with Crippen molar-refractivity contribution in [3.8, 4) is 11.5 Å². The number of phenolic OH excluding ortho intramolecular Hbond substituents is 2. The van der Waals surface area contributed by atoms with Crippen LogP contribution in [0.25, 0.3) is 23.6 Å². The van der Waals surface area contributed by atoms with Gasteiger partial charge >= 0.3 is 0 Å². The van der Waals surface area contributed by atoms with Gasteiger partial charge in [-0.3, -0.25) is 9.88 Å². The first-order valence-corrected chi connectivity index (χ1v) is 17.1. The molecule has 0 bridgehead atoms. The van der Waals surface area contributed by atoms with Crippen molar-refractivity contribution >= 4 is 56.9 Å². The van der Waals surface area contributed by atoms with Gasteiger partial charge in [-0.2, -0.15) is 0 Å². The van der Waals surface area contributed by atoms with Crippen molar-refractivity contribution in [2.24, 2.45) is 0 Å². The topological polar surface area (TPSA) is 90.7 Å². The highest BCUT2D eigenvalue weighted by molar-refractivity contribution is 9.10. The fraction of sp³-hybridized carbons (Fsp3) is 0.231. The van der Waals surface area contributed by atoms with Crippen LogP contribution in [0.15, 0.2) is 95.7 Å². The molecular weight excluding hydrogens is 688 g/mol. The van der Waals surface area contributed by atoms with Gasteiger partial charge in [0.1, 0.15) is 22.8 Å². The molecule has 7 nitrogen and oxygen atoms in total. The second-order valence-electron chi connectivity index (χ2n) is 11.4. The van der Waals surface area contributed by atoms with E-state index in [2.05, 4.69) is 49.6 Å². The lowest BCUT2D eigenvalue weighted by Crippen LogP contribution is -2.38. The number of hydrogen-bond donors (Lipinski definition) is 3. The first-order chi connectivity index (χ1) is 23.3. The Morgan fingerprint density at radius 2 is 1.79 bits per heavy atom. The predicted octanol–water partition coefficient (Wildman–Crippen LogP) is 7.51. The van der Waals surface area contributed by atoms with Crippen molar-refractivity contribution in [1.29, 1.82) is 0 Å². The second-order valence-corrected chi connectivity index (χ2v) is 12.7. The zero-order chi connectivity index (χ0) is 34.0. The highest BCUT2D eigenvalue weighted by Gasteiger charge is 2.22. The summed E-state index contributed by atoms with van der Waals surface area (Å²) >= 11 is 9.91. The van der Waals surface area contributed by atoms with Crippen molar-refractivity contribution in [3.63, 3.8) is 0 Å². The van der Waals surface area contributed by atoms with Crippen LogP contribution in [0, 0.1) is 0 Å². The lowest BCUT2D eigenvalue weighted by Gasteiger charge is -2.27. The van der Waals surface area contributed by atoms with Gasteiger partial charge < -0.3 is 20.3 Å². The van der Waals surface area contributed by atoms with Crippen LogP contribution in [0.4, 0.5) is 5.82 Å². The molecule has 0 amide bonds. The van der Waals surface area contributed by atoms with E-state index >= 15 is 0 Å². The molecule has 1 unspecified atom stereocenters. The number of phenols is 2. The molecule has 5 aromatic rings. The lowest BCUT2D eigenvalue weighted by molar-refractivity contribution is 0.0340. The molecule has 1 atom stereocenters. The first kappa shape index (κ1) is 35.1. The molecular formula is C39H40BrClN4O3. The highest BCUT2D eigenvalue weighted by atomic mass is 79.9. The Balaban J connectivity index is 0.000000199. The van der Waals surface area contributed by atoms with Gasteiger partial charge in [0, 0.05) is 53.2 Å². The van der Waals surface area contributed by atoms with Crippen molar-refractivity contribution in [2.75, 3.05) is 31.6 Å². The van der Waals surface area contributed by atoms with Crippen LogP contribution < -0.4 is 15.8 Å². The Bertz CT molecular complexity index is 2010. The molecule has 0 radical (unpaired) electrons. The SMILES string of the molecule is C=c1c(O)c(Br)cc(CN2CCOCC2)/c1=C/C=C\C.CCc1ccnc(NC(c2ccccc2Cl)c2ccc3cccnc3c2O)c1. The summed E-state index contributed by atoms with van der Waals surface area (Å²) < 4.78 is 6.07. The lowest BCUT2D eigenvalue weighted by atomic mass is 9.96. The Labute approximate surface area is 295 Å². The standard InChI is InChI=1S/C23H20ClN3O.C16H20BrNO2/c1-2-15-11-13-25-20(14-15)27-22(17-7-3-4-8-19(17)24)18-10-9-16-6-5-12-26-21(16)23(18)28;1-3-4-5-14-12(2)16(19)15(17)10-13(14)11-18-6-8-20-9-7-18/h3-14,22,28H,2H2,1H3,(H,25,27);3-5,10,19H,2,6-9,11H2,1H3/b;4-3-,14-5+. The smallest absolute Gasteiger partial charge is 0.147 e. The normalized spacial score (nSPS) is 14.5. The van der Waals surface area contributed by atoms with Gasteiger partial charge in [-0.15, -0.1) is 0 Å². The minimum Gasteiger partial charge on any atom is -0.506 e. The number of aromatic hydroxyl groups is 2. The summed E-state index contributed by atoms with van der Waals surface area (Å²) in [6, 6.07) is 20.9. The number of rotatable bonds is 8. The van der Waals surface area contributed by atoms with E-state index in [0.29, 0.717) is 25.8 Å². The average molecular weight is 728 g/mol. The number of morpholine rings is 1. The number of fused-ring (bicyclic) bond motifs is 1. The van der Waals surface area contributed by atoms with Crippen molar-refractivity contribution in [3.05, 3.63) is 133 Å². The molecule has 1 fully saturated rings. The molecule has 0 spiro atoms. The van der Waals surface area contributed by atoms with Crippen LogP contribution in [0.1, 0.15) is 42.1 Å². The van der Waals surface area contributed by atoms with E-state index < -0.39 is 0 Å². The first-order valence-electron chi connectivity index (χ1n) is 16.0. The molecule has 48 heavy (non-hydrogen) atoms. The molecule has 1 saturated heterocycles. The Morgan fingerprint density at radius 3 is 2.54 bits per heavy atom. The maximum absolute atomic E-state index is 11.0. The van der Waals surface area contributed by atoms with Gasteiger partial charge in [0.25, 0.3) is 0 Å². The molecule has 3 aromatic carbocycles. The molecule has 9 heteroatoms. The molecule has 6 rings (SSSR count). The van der Waals surface area contributed by atoms with Gasteiger partial charge in [0.15, 0.2) is 0 Å². The van der Waals surface area contributed by atoms with E-state index in [1.165, 1.54) is 11.1 Å². The predicted molar refractivity (Wildman–Crippen MR) is 200 cm³/mol. The van der Waals surface area contributed by atoms with Crippen LogP contribution >= 0.6 is 27.5 Å². The second kappa shape index (κ2) is 16.8. The summed E-state index contributed by atoms with van der Waals surface area (Å²) in [5.74, 6) is 1.08. The van der Waals surface area contributed by atoms with E-state index in [0.717, 1.165) is 61.3 Å². The van der Waals surface area contributed by atoms with Gasteiger partial charge in [-0.1, -0.05) is 79.7 Å². The third-order valence-electron chi connectivity index (χ3n) is 8.27. The van der Waals surface area contributed by atoms with Crippen LogP contribution in [-0.2, 0) is 17.7 Å². The van der Waals surface area contributed by atoms with Gasteiger partial charge in [0.2, 0.25) is 0 Å². The van der Waals surface area contributed by atoms with Crippen LogP contribution in [-0.4, -0.2) is 51.4 Å². The molecule has 3 N–H and O–H groups in total. The van der Waals surface area contributed by atoms with E-state index in [1.54, 1.807) is 12.4 Å². The number of allylic oxidation sites excluding steroid dienone is 2. The minimum absolute atomic E-state index is 0.141. The van der Waals surface area contributed by atoms with Crippen molar-refractivity contribution < 1.29 is 14.9 Å². The number of nitrogens with zero attached hydrogens (tertiary/aromatic N) is 3. The van der Waals surface area contributed by atoms with E-state index in [9.17, 15) is 10.2 Å². The zero-order valence-electron chi connectivity index (χ0n) is 27.2. The zero-order valence-corrected chi connectivity index (χ0v) is 29.5. The third-order valence-corrected chi connectivity index (χ3v) is 9.22. The summed E-state index contributed by atoms with van der Waals surface area (Å²) in [6.07, 6.45) is 10.3. The Morgan fingerprint density at radius 1 is 1.00 bits per heavy atom. The molecule has 0 saturated carbocycles. The Hall–Kier alpha value is -4.21. The number of nitrogens with one attached hydrogen (secondary N) is 1. The average Bonchev–Trinajstić information content (AvgIpc) is 3.11. The van der Waals surface area contributed by atoms with Gasteiger partial charge in [-0.05, 0) is 81.5 Å². The molecule has 3 heterocycles. The molecule has 248 valence electrons. The van der Waals surface area contributed by atoms with E-state index in [1.807, 2.05) is 91.9 Å². The van der Waals surface area contributed by atoms with Crippen molar-refractivity contribution in [2.45, 2.75) is 32.9 Å². The number of benzene rings is 3. The highest BCUT2D eigenvalue weighted by Crippen LogP contribution is 2.38. The fourth-order valence-corrected chi connectivity index (χ4v) is 6.39. The largest absolute Gasteiger partial charge is 0.506 e. The van der Waals surface area contributed by atoms with Crippen LogP contribution in [0.2, 0.25) is 5.02 Å². The molecule has 1 aliphatic heterocycles. The number of hydrogen-bond acceptors (Lipinski definition) is 7. The van der Waals surface area contributed by atoms with Crippen LogP contribution in [0.5, 0.6) is 11.5 Å². The summed E-state index contributed by atoms with van der Waals surface area (Å²) in [6.45, 7) is 12.4. The van der Waals surface area contributed by atoms with Gasteiger partial charge in [0.05, 0.1) is 23.7 Å². The van der Waals surface area contributed by atoms with E-state index in [4.69, 9.17) is 16.3 Å².